The van der Waals surface area contributed by atoms with Gasteiger partial charge < -0.3 is 5.73 Å². The van der Waals surface area contributed by atoms with Gasteiger partial charge in [0.1, 0.15) is 5.82 Å². The Morgan fingerprint density at radius 3 is 2.85 bits per heavy atom. The van der Waals surface area contributed by atoms with Crippen molar-refractivity contribution in [3.05, 3.63) is 50.5 Å². The van der Waals surface area contributed by atoms with Crippen molar-refractivity contribution in [2.45, 2.75) is 32.9 Å². The fraction of sp³-hybridized carbons (Fsp3) is 0.357. The van der Waals surface area contributed by atoms with Crippen LogP contribution in [0, 0.1) is 12.7 Å². The molecule has 0 aliphatic heterocycles. The highest BCUT2D eigenvalue weighted by molar-refractivity contribution is 9.10. The van der Waals surface area contributed by atoms with Gasteiger partial charge in [0.25, 0.3) is 0 Å². The summed E-state index contributed by atoms with van der Waals surface area (Å²) in [6.45, 7) is 4.54. The van der Waals surface area contributed by atoms with E-state index < -0.39 is 6.04 Å². The van der Waals surface area contributed by atoms with Crippen molar-refractivity contribution in [1.82, 2.24) is 9.78 Å². The number of aryl methyl sites for hydroxylation is 2. The number of nitrogens with two attached hydrogens (primary N) is 1. The van der Waals surface area contributed by atoms with Crippen molar-refractivity contribution in [1.29, 1.82) is 0 Å². The van der Waals surface area contributed by atoms with Crippen LogP contribution in [-0.2, 0) is 13.0 Å². The van der Waals surface area contributed by atoms with Gasteiger partial charge in [0, 0.05) is 24.6 Å². The van der Waals surface area contributed by atoms with E-state index in [0.717, 1.165) is 11.4 Å². The molecular weight excluding hydrogens is 345 g/mol. The Morgan fingerprint density at radius 1 is 1.50 bits per heavy atom. The largest absolute Gasteiger partial charge is 0.324 e. The molecule has 0 saturated heterocycles. The number of rotatable bonds is 4. The molecule has 2 aromatic rings. The van der Waals surface area contributed by atoms with Crippen molar-refractivity contribution in [2.24, 2.45) is 5.73 Å². The highest BCUT2D eigenvalue weighted by Crippen LogP contribution is 2.28. The summed E-state index contributed by atoms with van der Waals surface area (Å²) in [5, 5.41) is 4.95. The molecule has 20 heavy (non-hydrogen) atoms. The van der Waals surface area contributed by atoms with Gasteiger partial charge in [-0.05, 0) is 35.8 Å². The molecule has 1 heterocycles. The van der Waals surface area contributed by atoms with Gasteiger partial charge in [0.2, 0.25) is 0 Å². The second-order valence-electron chi connectivity index (χ2n) is 4.62. The molecule has 1 aromatic heterocycles. The lowest BCUT2D eigenvalue weighted by atomic mass is 10.0. The van der Waals surface area contributed by atoms with E-state index in [0.29, 0.717) is 28.0 Å². The Labute approximate surface area is 131 Å². The van der Waals surface area contributed by atoms with E-state index in [9.17, 15) is 4.39 Å². The number of halogens is 3. The van der Waals surface area contributed by atoms with Crippen molar-refractivity contribution in [2.75, 3.05) is 0 Å². The Kier molecular flexibility index (Phi) is 4.83. The third-order valence-corrected chi connectivity index (χ3v) is 4.35. The Hall–Kier alpha value is -0.910. The molecule has 0 amide bonds. The normalized spacial score (nSPS) is 12.7. The van der Waals surface area contributed by atoms with Crippen LogP contribution >= 0.6 is 27.5 Å². The maximum Gasteiger partial charge on any atom is 0.142 e. The minimum absolute atomic E-state index is 0.324. The third kappa shape index (κ3) is 2.90. The summed E-state index contributed by atoms with van der Waals surface area (Å²) >= 11 is 9.43. The smallest absolute Gasteiger partial charge is 0.142 e. The van der Waals surface area contributed by atoms with Crippen molar-refractivity contribution in [3.63, 3.8) is 0 Å². The highest BCUT2D eigenvalue weighted by atomic mass is 79.9. The lowest BCUT2D eigenvalue weighted by Crippen LogP contribution is -2.17. The molecule has 6 heteroatoms. The maximum atomic E-state index is 14.1. The molecule has 0 aliphatic carbocycles. The predicted molar refractivity (Wildman–Crippen MR) is 82.4 cm³/mol. The Balaban J connectivity index is 2.32. The van der Waals surface area contributed by atoms with Crippen LogP contribution in [0.4, 0.5) is 4.39 Å². The van der Waals surface area contributed by atoms with Gasteiger partial charge in [-0.3, -0.25) is 4.68 Å². The standard InChI is InChI=1S/C14H16BrClFN3/c1-3-20-12(13(16)8(2)19-20)7-11(18)9-5-4-6-10(15)14(9)17/h4-6,11H,3,7,18H2,1-2H3. The molecular formula is C14H16BrClFN3. The molecule has 1 aromatic carbocycles. The van der Waals surface area contributed by atoms with Gasteiger partial charge in [-0.25, -0.2) is 4.39 Å². The molecule has 2 rings (SSSR count). The average Bonchev–Trinajstić information content (AvgIpc) is 2.69. The Bertz CT molecular complexity index is 627. The first-order valence-corrected chi connectivity index (χ1v) is 7.54. The number of nitrogens with zero attached hydrogens (tertiary/aromatic N) is 2. The van der Waals surface area contributed by atoms with Crippen LogP contribution in [0.1, 0.15) is 29.9 Å². The van der Waals surface area contributed by atoms with E-state index in [-0.39, 0.29) is 5.82 Å². The number of aromatic nitrogens is 2. The molecule has 0 saturated carbocycles. The molecule has 1 atom stereocenters. The van der Waals surface area contributed by atoms with Gasteiger partial charge >= 0.3 is 0 Å². The second-order valence-corrected chi connectivity index (χ2v) is 5.85. The van der Waals surface area contributed by atoms with Gasteiger partial charge in [-0.15, -0.1) is 0 Å². The van der Waals surface area contributed by atoms with Crippen LogP contribution in [0.3, 0.4) is 0 Å². The first kappa shape index (κ1) is 15.5. The predicted octanol–water partition coefficient (Wildman–Crippen LogP) is 4.01. The molecule has 0 fully saturated rings. The molecule has 0 radical (unpaired) electrons. The number of hydrogen-bond acceptors (Lipinski definition) is 2. The third-order valence-electron chi connectivity index (χ3n) is 3.25. The lowest BCUT2D eigenvalue weighted by Gasteiger charge is -2.15. The summed E-state index contributed by atoms with van der Waals surface area (Å²) in [7, 11) is 0. The summed E-state index contributed by atoms with van der Waals surface area (Å²) in [4.78, 5) is 0. The van der Waals surface area contributed by atoms with E-state index in [1.165, 1.54) is 0 Å². The summed E-state index contributed by atoms with van der Waals surface area (Å²) < 4.78 is 16.3. The van der Waals surface area contributed by atoms with Crippen LogP contribution < -0.4 is 5.73 Å². The van der Waals surface area contributed by atoms with Gasteiger partial charge in [0.15, 0.2) is 0 Å². The van der Waals surface area contributed by atoms with Gasteiger partial charge in [0.05, 0.1) is 20.9 Å². The molecule has 0 spiro atoms. The van der Waals surface area contributed by atoms with E-state index in [4.69, 9.17) is 17.3 Å². The van der Waals surface area contributed by atoms with Crippen molar-refractivity contribution < 1.29 is 4.39 Å². The van der Waals surface area contributed by atoms with E-state index in [2.05, 4.69) is 21.0 Å². The summed E-state index contributed by atoms with van der Waals surface area (Å²) in [5.41, 5.74) is 8.22. The van der Waals surface area contributed by atoms with E-state index in [1.54, 1.807) is 18.2 Å². The molecule has 2 N–H and O–H groups in total. The monoisotopic (exact) mass is 359 g/mol. The molecule has 0 aliphatic rings. The molecule has 3 nitrogen and oxygen atoms in total. The van der Waals surface area contributed by atoms with Gasteiger partial charge in [-0.2, -0.15) is 5.10 Å². The summed E-state index contributed by atoms with van der Waals surface area (Å²) in [5.74, 6) is -0.324. The fourth-order valence-electron chi connectivity index (χ4n) is 2.19. The van der Waals surface area contributed by atoms with Crippen LogP contribution in [0.15, 0.2) is 22.7 Å². The Morgan fingerprint density at radius 2 is 2.20 bits per heavy atom. The van der Waals surface area contributed by atoms with E-state index >= 15 is 0 Å². The minimum atomic E-state index is -0.466. The number of hydrogen-bond donors (Lipinski definition) is 1. The first-order chi connectivity index (χ1) is 9.45. The summed E-state index contributed by atoms with van der Waals surface area (Å²) in [6, 6.07) is 4.65. The minimum Gasteiger partial charge on any atom is -0.324 e. The van der Waals surface area contributed by atoms with Crippen molar-refractivity contribution >= 4 is 27.5 Å². The van der Waals surface area contributed by atoms with Crippen LogP contribution in [0.5, 0.6) is 0 Å². The quantitative estimate of drug-likeness (QED) is 0.895. The van der Waals surface area contributed by atoms with Crippen LogP contribution in [-0.4, -0.2) is 9.78 Å². The average molecular weight is 361 g/mol. The fourth-order valence-corrected chi connectivity index (χ4v) is 2.78. The summed E-state index contributed by atoms with van der Waals surface area (Å²) in [6.07, 6.45) is 0.445. The zero-order valence-corrected chi connectivity index (χ0v) is 13.7. The lowest BCUT2D eigenvalue weighted by molar-refractivity contribution is 0.552. The van der Waals surface area contributed by atoms with E-state index in [1.807, 2.05) is 18.5 Å². The number of benzene rings is 1. The first-order valence-electron chi connectivity index (χ1n) is 6.37. The topological polar surface area (TPSA) is 43.8 Å². The molecule has 0 bridgehead atoms. The van der Waals surface area contributed by atoms with Gasteiger partial charge in [-0.1, -0.05) is 23.7 Å². The maximum absolute atomic E-state index is 14.1. The van der Waals surface area contributed by atoms with Crippen molar-refractivity contribution in [3.8, 4) is 0 Å². The van der Waals surface area contributed by atoms with Crippen LogP contribution in [0.2, 0.25) is 5.02 Å². The molecule has 1 unspecified atom stereocenters. The SMILES string of the molecule is CCn1nc(C)c(Cl)c1CC(N)c1cccc(Br)c1F. The highest BCUT2D eigenvalue weighted by Gasteiger charge is 2.19. The van der Waals surface area contributed by atoms with Crippen LogP contribution in [0.25, 0.3) is 0 Å². The zero-order valence-electron chi connectivity index (χ0n) is 11.3. The second kappa shape index (κ2) is 6.24. The zero-order chi connectivity index (χ0) is 14.9. The molecule has 108 valence electrons.